The van der Waals surface area contributed by atoms with Gasteiger partial charge in [-0.15, -0.1) is 0 Å². The fourth-order valence-corrected chi connectivity index (χ4v) is 3.63. The van der Waals surface area contributed by atoms with Gasteiger partial charge in [0.1, 0.15) is 0 Å². The quantitative estimate of drug-likeness (QED) is 0.819. The van der Waals surface area contributed by atoms with E-state index < -0.39 is 0 Å². The summed E-state index contributed by atoms with van der Waals surface area (Å²) in [6.45, 7) is 8.57. The summed E-state index contributed by atoms with van der Waals surface area (Å²) in [4.78, 5) is 2.69. The number of nitrogens with two attached hydrogens (primary N) is 1. The van der Waals surface area contributed by atoms with Crippen molar-refractivity contribution >= 4 is 0 Å². The maximum absolute atomic E-state index is 6.06. The van der Waals surface area contributed by atoms with Gasteiger partial charge in [-0.25, -0.2) is 0 Å². The highest BCUT2D eigenvalue weighted by atomic mass is 16.5. The zero-order chi connectivity index (χ0) is 13.0. The van der Waals surface area contributed by atoms with E-state index in [-0.39, 0.29) is 0 Å². The Hall–Kier alpha value is -0.120. The third-order valence-electron chi connectivity index (χ3n) is 5.32. The van der Waals surface area contributed by atoms with Crippen LogP contribution < -0.4 is 5.73 Å². The van der Waals surface area contributed by atoms with Gasteiger partial charge in [0.15, 0.2) is 0 Å². The lowest BCUT2D eigenvalue weighted by atomic mass is 9.80. The molecule has 2 aliphatic rings. The van der Waals surface area contributed by atoms with Crippen molar-refractivity contribution < 1.29 is 4.74 Å². The Bertz CT molecular complexity index is 243. The molecule has 1 heterocycles. The van der Waals surface area contributed by atoms with Gasteiger partial charge in [0.25, 0.3) is 0 Å². The fraction of sp³-hybridized carbons (Fsp3) is 1.00. The van der Waals surface area contributed by atoms with Crippen molar-refractivity contribution in [3.63, 3.8) is 0 Å². The van der Waals surface area contributed by atoms with E-state index in [4.69, 9.17) is 10.5 Å². The lowest BCUT2D eigenvalue weighted by Crippen LogP contribution is -2.56. The number of rotatable bonds is 5. The molecule has 3 heteroatoms. The minimum atomic E-state index is 0.319. The summed E-state index contributed by atoms with van der Waals surface area (Å²) < 4.78 is 5.95. The number of fused-ring (bicyclic) bond motifs is 1. The van der Waals surface area contributed by atoms with Crippen LogP contribution >= 0.6 is 0 Å². The lowest BCUT2D eigenvalue weighted by molar-refractivity contribution is -0.0989. The highest BCUT2D eigenvalue weighted by Crippen LogP contribution is 2.33. The second-order valence-electron chi connectivity index (χ2n) is 6.14. The number of nitrogens with zero attached hydrogens (tertiary/aromatic N) is 1. The molecule has 1 aliphatic heterocycles. The fourth-order valence-electron chi connectivity index (χ4n) is 3.63. The van der Waals surface area contributed by atoms with E-state index in [1.165, 1.54) is 45.1 Å². The number of morpholine rings is 1. The van der Waals surface area contributed by atoms with E-state index >= 15 is 0 Å². The van der Waals surface area contributed by atoms with E-state index in [1.807, 2.05) is 0 Å². The van der Waals surface area contributed by atoms with Crippen LogP contribution in [0.2, 0.25) is 0 Å². The monoisotopic (exact) mass is 254 g/mol. The average Bonchev–Trinajstić information content (AvgIpc) is 2.45. The molecule has 0 aromatic heterocycles. The topological polar surface area (TPSA) is 38.5 Å². The van der Waals surface area contributed by atoms with Gasteiger partial charge >= 0.3 is 0 Å². The van der Waals surface area contributed by atoms with Crippen LogP contribution in [0.25, 0.3) is 0 Å². The average molecular weight is 254 g/mol. The molecule has 2 rings (SSSR count). The highest BCUT2D eigenvalue weighted by molar-refractivity contribution is 4.91. The van der Waals surface area contributed by atoms with Gasteiger partial charge < -0.3 is 10.5 Å². The maximum atomic E-state index is 6.06. The van der Waals surface area contributed by atoms with Crippen molar-refractivity contribution in [2.45, 2.75) is 64.5 Å². The highest BCUT2D eigenvalue weighted by Gasteiger charge is 2.37. The first-order valence-electron chi connectivity index (χ1n) is 7.80. The van der Waals surface area contributed by atoms with Gasteiger partial charge in [0, 0.05) is 19.1 Å². The van der Waals surface area contributed by atoms with Crippen LogP contribution in [0.1, 0.15) is 52.4 Å². The molecule has 0 amide bonds. The molecule has 1 saturated carbocycles. The Morgan fingerprint density at radius 3 is 2.61 bits per heavy atom. The van der Waals surface area contributed by atoms with Gasteiger partial charge in [0.05, 0.1) is 12.7 Å². The smallest absolute Gasteiger partial charge is 0.0730 e. The minimum Gasteiger partial charge on any atom is -0.375 e. The second kappa shape index (κ2) is 6.36. The van der Waals surface area contributed by atoms with Gasteiger partial charge in [-0.05, 0) is 37.6 Å². The number of hydrogen-bond donors (Lipinski definition) is 1. The Labute approximate surface area is 112 Å². The molecule has 0 aromatic carbocycles. The number of ether oxygens (including phenoxy) is 1. The predicted octanol–water partition coefficient (Wildman–Crippen LogP) is 2.39. The molecular formula is C15H30N2O. The third kappa shape index (κ3) is 2.89. The Morgan fingerprint density at radius 2 is 1.94 bits per heavy atom. The molecule has 2 fully saturated rings. The Morgan fingerprint density at radius 1 is 1.22 bits per heavy atom. The second-order valence-corrected chi connectivity index (χ2v) is 6.14. The van der Waals surface area contributed by atoms with Gasteiger partial charge in [-0.2, -0.15) is 0 Å². The zero-order valence-corrected chi connectivity index (χ0v) is 12.2. The molecule has 2 N–H and O–H groups in total. The van der Waals surface area contributed by atoms with Crippen LogP contribution in [-0.2, 0) is 4.74 Å². The molecule has 0 spiro atoms. The number of hydrogen-bond acceptors (Lipinski definition) is 3. The molecule has 2 unspecified atom stereocenters. The Balaban J connectivity index is 2.02. The van der Waals surface area contributed by atoms with E-state index in [2.05, 4.69) is 18.7 Å². The van der Waals surface area contributed by atoms with E-state index in [0.29, 0.717) is 17.6 Å². The van der Waals surface area contributed by atoms with Crippen LogP contribution in [0.4, 0.5) is 0 Å². The summed E-state index contributed by atoms with van der Waals surface area (Å²) in [5, 5.41) is 0. The van der Waals surface area contributed by atoms with E-state index in [9.17, 15) is 0 Å². The first-order valence-corrected chi connectivity index (χ1v) is 7.80. The third-order valence-corrected chi connectivity index (χ3v) is 5.32. The van der Waals surface area contributed by atoms with Crippen LogP contribution in [0, 0.1) is 5.41 Å². The predicted molar refractivity (Wildman–Crippen MR) is 75.6 cm³/mol. The largest absolute Gasteiger partial charge is 0.375 e. The van der Waals surface area contributed by atoms with Crippen LogP contribution in [0.5, 0.6) is 0 Å². The normalized spacial score (nSPS) is 30.2. The zero-order valence-electron chi connectivity index (χ0n) is 12.2. The standard InChI is InChI=1S/C15H30N2O/c1-3-15(4-2,11-16)12-17-9-10-18-14-8-6-5-7-13(14)17/h13-14H,3-12,16H2,1-2H3. The van der Waals surface area contributed by atoms with Crippen molar-refractivity contribution in [2.75, 3.05) is 26.2 Å². The summed E-state index contributed by atoms with van der Waals surface area (Å²) in [6, 6.07) is 0.663. The summed E-state index contributed by atoms with van der Waals surface area (Å²) in [5.41, 5.74) is 6.37. The van der Waals surface area contributed by atoms with Crippen molar-refractivity contribution in [1.82, 2.24) is 4.90 Å². The molecule has 0 bridgehead atoms. The molecule has 3 nitrogen and oxygen atoms in total. The Kier molecular flexibility index (Phi) is 5.05. The molecule has 18 heavy (non-hydrogen) atoms. The van der Waals surface area contributed by atoms with Crippen LogP contribution in [-0.4, -0.2) is 43.3 Å². The van der Waals surface area contributed by atoms with E-state index in [0.717, 1.165) is 19.7 Å². The van der Waals surface area contributed by atoms with Crippen molar-refractivity contribution in [2.24, 2.45) is 11.1 Å². The molecular weight excluding hydrogens is 224 g/mol. The maximum Gasteiger partial charge on any atom is 0.0730 e. The lowest BCUT2D eigenvalue weighted by Gasteiger charge is -2.47. The van der Waals surface area contributed by atoms with Crippen LogP contribution in [0.3, 0.4) is 0 Å². The van der Waals surface area contributed by atoms with Gasteiger partial charge in [-0.3, -0.25) is 4.90 Å². The van der Waals surface area contributed by atoms with Crippen LogP contribution in [0.15, 0.2) is 0 Å². The van der Waals surface area contributed by atoms with Gasteiger partial charge in [-0.1, -0.05) is 26.7 Å². The summed E-state index contributed by atoms with van der Waals surface area (Å²) in [6.07, 6.45) is 8.17. The first kappa shape index (κ1) is 14.3. The minimum absolute atomic E-state index is 0.319. The molecule has 1 saturated heterocycles. The summed E-state index contributed by atoms with van der Waals surface area (Å²) >= 11 is 0. The molecule has 1 aliphatic carbocycles. The molecule has 0 aromatic rings. The van der Waals surface area contributed by atoms with Crippen molar-refractivity contribution in [1.29, 1.82) is 0 Å². The first-order chi connectivity index (χ1) is 8.74. The SMILES string of the molecule is CCC(CC)(CN)CN1CCOC2CCCCC21. The summed E-state index contributed by atoms with van der Waals surface area (Å²) in [5.74, 6) is 0. The van der Waals surface area contributed by atoms with E-state index in [1.54, 1.807) is 0 Å². The molecule has 2 atom stereocenters. The van der Waals surface area contributed by atoms with Gasteiger partial charge in [0.2, 0.25) is 0 Å². The van der Waals surface area contributed by atoms with Crippen molar-refractivity contribution in [3.8, 4) is 0 Å². The molecule has 106 valence electrons. The molecule has 0 radical (unpaired) electrons. The summed E-state index contributed by atoms with van der Waals surface area (Å²) in [7, 11) is 0. The van der Waals surface area contributed by atoms with Crippen molar-refractivity contribution in [3.05, 3.63) is 0 Å².